The summed E-state index contributed by atoms with van der Waals surface area (Å²) in [5.74, 6) is 0.322. The number of rotatable bonds is 2. The van der Waals surface area contributed by atoms with Crippen molar-refractivity contribution in [1.82, 2.24) is 14.3 Å². The lowest BCUT2D eigenvalue weighted by molar-refractivity contribution is 0.101. The Bertz CT molecular complexity index is 719. The van der Waals surface area contributed by atoms with Crippen LogP contribution in [0, 0.1) is 0 Å². The largest absolute Gasteiger partial charge is 0.463 e. The number of aryl methyl sites for hydroxylation is 2. The SMILES string of the molecule is Cn1ccc(NC(=O)c2cc3occc3n2C)n1. The number of carbonyl (C=O) groups excluding carboxylic acids is 1. The molecular weight excluding hydrogens is 232 g/mol. The highest BCUT2D eigenvalue weighted by atomic mass is 16.3. The second kappa shape index (κ2) is 3.76. The van der Waals surface area contributed by atoms with Crippen LogP contribution in [0.3, 0.4) is 0 Å². The van der Waals surface area contributed by atoms with E-state index in [1.807, 2.05) is 13.1 Å². The highest BCUT2D eigenvalue weighted by molar-refractivity contribution is 6.05. The van der Waals surface area contributed by atoms with Crippen LogP contribution >= 0.6 is 0 Å². The summed E-state index contributed by atoms with van der Waals surface area (Å²) in [4.78, 5) is 12.1. The quantitative estimate of drug-likeness (QED) is 0.747. The van der Waals surface area contributed by atoms with Crippen molar-refractivity contribution in [3.05, 3.63) is 36.4 Å². The molecule has 1 N–H and O–H groups in total. The van der Waals surface area contributed by atoms with E-state index in [-0.39, 0.29) is 5.91 Å². The van der Waals surface area contributed by atoms with E-state index in [1.54, 1.807) is 40.9 Å². The van der Waals surface area contributed by atoms with Crippen LogP contribution in [0.15, 0.2) is 35.1 Å². The van der Waals surface area contributed by atoms with Gasteiger partial charge >= 0.3 is 0 Å². The van der Waals surface area contributed by atoms with Crippen LogP contribution in [0.4, 0.5) is 5.82 Å². The van der Waals surface area contributed by atoms with E-state index in [4.69, 9.17) is 4.42 Å². The Balaban J connectivity index is 1.92. The van der Waals surface area contributed by atoms with Crippen molar-refractivity contribution in [2.45, 2.75) is 0 Å². The molecule has 0 radical (unpaired) electrons. The molecule has 18 heavy (non-hydrogen) atoms. The Hall–Kier alpha value is -2.50. The minimum absolute atomic E-state index is 0.206. The fourth-order valence-corrected chi connectivity index (χ4v) is 1.93. The molecular formula is C12H12N4O2. The average molecular weight is 244 g/mol. The number of furan rings is 1. The van der Waals surface area contributed by atoms with Gasteiger partial charge in [0.1, 0.15) is 5.69 Å². The van der Waals surface area contributed by atoms with E-state index in [0.717, 1.165) is 5.52 Å². The predicted octanol–water partition coefficient (Wildman–Crippen LogP) is 1.76. The fraction of sp³-hybridized carbons (Fsp3) is 0.167. The smallest absolute Gasteiger partial charge is 0.273 e. The maximum atomic E-state index is 12.1. The van der Waals surface area contributed by atoms with Gasteiger partial charge in [0.2, 0.25) is 0 Å². The first kappa shape index (κ1) is 10.6. The molecule has 0 atom stereocenters. The molecule has 0 unspecified atom stereocenters. The summed E-state index contributed by atoms with van der Waals surface area (Å²) in [5, 5.41) is 6.84. The Morgan fingerprint density at radius 3 is 2.89 bits per heavy atom. The van der Waals surface area contributed by atoms with Gasteiger partial charge in [-0.15, -0.1) is 0 Å². The highest BCUT2D eigenvalue weighted by Gasteiger charge is 2.15. The summed E-state index contributed by atoms with van der Waals surface area (Å²) < 4.78 is 8.68. The number of hydrogen-bond donors (Lipinski definition) is 1. The summed E-state index contributed by atoms with van der Waals surface area (Å²) in [6, 6.07) is 5.28. The monoisotopic (exact) mass is 244 g/mol. The van der Waals surface area contributed by atoms with E-state index in [2.05, 4.69) is 10.4 Å². The van der Waals surface area contributed by atoms with Crippen LogP contribution in [0.5, 0.6) is 0 Å². The maximum Gasteiger partial charge on any atom is 0.273 e. The van der Waals surface area contributed by atoms with Gasteiger partial charge in [0, 0.05) is 38.5 Å². The van der Waals surface area contributed by atoms with Crippen molar-refractivity contribution in [3.63, 3.8) is 0 Å². The van der Waals surface area contributed by atoms with Gasteiger partial charge in [0.05, 0.1) is 11.8 Å². The fourth-order valence-electron chi connectivity index (χ4n) is 1.93. The Labute approximate surface area is 103 Å². The van der Waals surface area contributed by atoms with Gasteiger partial charge in [-0.3, -0.25) is 9.48 Å². The minimum Gasteiger partial charge on any atom is -0.463 e. The summed E-state index contributed by atoms with van der Waals surface area (Å²) in [7, 11) is 3.62. The highest BCUT2D eigenvalue weighted by Crippen LogP contribution is 2.20. The van der Waals surface area contributed by atoms with Crippen molar-refractivity contribution in [1.29, 1.82) is 0 Å². The molecule has 0 saturated carbocycles. The Morgan fingerprint density at radius 2 is 2.22 bits per heavy atom. The van der Waals surface area contributed by atoms with Crippen LogP contribution in [-0.4, -0.2) is 20.3 Å². The molecule has 0 spiro atoms. The lowest BCUT2D eigenvalue weighted by atomic mass is 10.4. The topological polar surface area (TPSA) is 65.0 Å². The van der Waals surface area contributed by atoms with E-state index in [9.17, 15) is 4.79 Å². The standard InChI is InChI=1S/C12H12N4O2/c1-15-5-3-11(14-15)13-12(17)9-7-10-8(16(9)2)4-6-18-10/h3-7H,1-2H3,(H,13,14,17). The number of hydrogen-bond acceptors (Lipinski definition) is 3. The average Bonchev–Trinajstić information content (AvgIpc) is 2.98. The Kier molecular flexibility index (Phi) is 2.22. The normalized spacial score (nSPS) is 11.0. The maximum absolute atomic E-state index is 12.1. The van der Waals surface area contributed by atoms with E-state index >= 15 is 0 Å². The summed E-state index contributed by atoms with van der Waals surface area (Å²) in [5.41, 5.74) is 2.12. The lowest BCUT2D eigenvalue weighted by Crippen LogP contribution is -2.16. The third kappa shape index (κ3) is 1.58. The van der Waals surface area contributed by atoms with Crippen LogP contribution in [0.25, 0.3) is 11.1 Å². The zero-order valence-corrected chi connectivity index (χ0v) is 10.0. The van der Waals surface area contributed by atoms with Crippen molar-refractivity contribution in [3.8, 4) is 0 Å². The molecule has 3 heterocycles. The van der Waals surface area contributed by atoms with Crippen molar-refractivity contribution in [2.75, 3.05) is 5.32 Å². The molecule has 0 aliphatic rings. The predicted molar refractivity (Wildman–Crippen MR) is 66.3 cm³/mol. The summed E-state index contributed by atoms with van der Waals surface area (Å²) >= 11 is 0. The van der Waals surface area contributed by atoms with Crippen molar-refractivity contribution >= 4 is 22.8 Å². The number of amides is 1. The molecule has 1 amide bonds. The molecule has 6 nitrogen and oxygen atoms in total. The molecule has 3 rings (SSSR count). The second-order valence-corrected chi connectivity index (χ2v) is 4.09. The van der Waals surface area contributed by atoms with Gasteiger partial charge in [-0.25, -0.2) is 0 Å². The van der Waals surface area contributed by atoms with E-state index in [0.29, 0.717) is 17.1 Å². The third-order valence-electron chi connectivity index (χ3n) is 2.85. The molecule has 0 aliphatic carbocycles. The minimum atomic E-state index is -0.206. The van der Waals surface area contributed by atoms with E-state index in [1.165, 1.54) is 0 Å². The van der Waals surface area contributed by atoms with Gasteiger partial charge < -0.3 is 14.3 Å². The first-order valence-corrected chi connectivity index (χ1v) is 5.49. The van der Waals surface area contributed by atoms with Gasteiger partial charge in [-0.2, -0.15) is 5.10 Å². The molecule has 3 aromatic heterocycles. The van der Waals surface area contributed by atoms with Crippen molar-refractivity contribution < 1.29 is 9.21 Å². The van der Waals surface area contributed by atoms with Crippen LogP contribution in [-0.2, 0) is 14.1 Å². The second-order valence-electron chi connectivity index (χ2n) is 4.09. The molecule has 6 heteroatoms. The first-order chi connectivity index (χ1) is 8.65. The molecule has 0 aromatic carbocycles. The lowest BCUT2D eigenvalue weighted by Gasteiger charge is -2.03. The van der Waals surface area contributed by atoms with Crippen molar-refractivity contribution in [2.24, 2.45) is 14.1 Å². The Morgan fingerprint density at radius 1 is 1.39 bits per heavy atom. The van der Waals surface area contributed by atoms with Gasteiger partial charge in [0.25, 0.3) is 5.91 Å². The summed E-state index contributed by atoms with van der Waals surface area (Å²) in [6.07, 6.45) is 3.37. The van der Waals surface area contributed by atoms with Gasteiger partial charge in [0.15, 0.2) is 11.4 Å². The molecule has 0 saturated heterocycles. The van der Waals surface area contributed by atoms with Gasteiger partial charge in [-0.1, -0.05) is 0 Å². The number of anilines is 1. The zero-order chi connectivity index (χ0) is 12.7. The summed E-state index contributed by atoms with van der Waals surface area (Å²) in [6.45, 7) is 0. The molecule has 0 fully saturated rings. The number of fused-ring (bicyclic) bond motifs is 1. The molecule has 0 bridgehead atoms. The molecule has 3 aromatic rings. The number of nitrogens with one attached hydrogen (secondary N) is 1. The number of nitrogens with zero attached hydrogens (tertiary/aromatic N) is 3. The van der Waals surface area contributed by atoms with Crippen LogP contribution in [0.1, 0.15) is 10.5 Å². The van der Waals surface area contributed by atoms with Crippen LogP contribution in [0.2, 0.25) is 0 Å². The number of aromatic nitrogens is 3. The third-order valence-corrected chi connectivity index (χ3v) is 2.85. The van der Waals surface area contributed by atoms with E-state index < -0.39 is 0 Å². The first-order valence-electron chi connectivity index (χ1n) is 5.49. The molecule has 92 valence electrons. The molecule has 0 aliphatic heterocycles. The van der Waals surface area contributed by atoms with Crippen LogP contribution < -0.4 is 5.32 Å². The van der Waals surface area contributed by atoms with Gasteiger partial charge in [-0.05, 0) is 0 Å². The number of carbonyl (C=O) groups is 1. The zero-order valence-electron chi connectivity index (χ0n) is 10.0.